The van der Waals surface area contributed by atoms with E-state index in [9.17, 15) is 18.3 Å². The number of sulfone groups is 1. The molecule has 0 atom stereocenters. The van der Waals surface area contributed by atoms with Crippen molar-refractivity contribution in [3.8, 4) is 0 Å². The molecule has 0 bridgehead atoms. The van der Waals surface area contributed by atoms with E-state index in [2.05, 4.69) is 4.57 Å². The summed E-state index contributed by atoms with van der Waals surface area (Å²) in [5.74, 6) is -1.35. The molecule has 0 fully saturated rings. The summed E-state index contributed by atoms with van der Waals surface area (Å²) in [7, 11) is -3.74. The summed E-state index contributed by atoms with van der Waals surface area (Å²) < 4.78 is 28.5. The second-order valence-electron chi connectivity index (χ2n) is 9.24. The van der Waals surface area contributed by atoms with Gasteiger partial charge in [-0.2, -0.15) is 0 Å². The summed E-state index contributed by atoms with van der Waals surface area (Å²) in [6.07, 6.45) is 0.138. The fourth-order valence-electron chi connectivity index (χ4n) is 5.07. The maximum Gasteiger partial charge on any atom is 0.335 e. The molecule has 0 saturated heterocycles. The van der Waals surface area contributed by atoms with Crippen LogP contribution in [-0.2, 0) is 22.9 Å². The Labute approximate surface area is 231 Å². The van der Waals surface area contributed by atoms with Crippen molar-refractivity contribution < 1.29 is 23.4 Å². The van der Waals surface area contributed by atoms with E-state index in [4.69, 9.17) is 16.7 Å². The smallest absolute Gasteiger partial charge is 0.335 e. The van der Waals surface area contributed by atoms with Gasteiger partial charge in [-0.25, -0.2) is 13.2 Å². The van der Waals surface area contributed by atoms with Gasteiger partial charge in [-0.1, -0.05) is 72.3 Å². The van der Waals surface area contributed by atoms with Crippen molar-refractivity contribution in [3.05, 3.63) is 136 Å². The SMILES string of the molecule is O=C(O)c1ccc(S(=O)(=O)CCc2c(CO)n(C(c3ccccc3)c3ccccc3)c3ccc(Cl)cc23)cc1. The highest BCUT2D eigenvalue weighted by Gasteiger charge is 2.26. The summed E-state index contributed by atoms with van der Waals surface area (Å²) in [5.41, 5.74) is 4.20. The zero-order chi connectivity index (χ0) is 27.6. The Bertz CT molecular complexity index is 1690. The van der Waals surface area contributed by atoms with Gasteiger partial charge in [0.1, 0.15) is 0 Å². The van der Waals surface area contributed by atoms with E-state index in [0.29, 0.717) is 16.3 Å². The summed E-state index contributed by atoms with van der Waals surface area (Å²) in [6.45, 7) is -0.300. The Hall–Kier alpha value is -3.91. The van der Waals surface area contributed by atoms with Crippen LogP contribution < -0.4 is 0 Å². The molecule has 0 spiro atoms. The van der Waals surface area contributed by atoms with Crippen molar-refractivity contribution in [2.24, 2.45) is 0 Å². The van der Waals surface area contributed by atoms with Crippen LogP contribution in [-0.4, -0.2) is 34.9 Å². The Morgan fingerprint density at radius 3 is 1.97 bits per heavy atom. The average Bonchev–Trinajstić information content (AvgIpc) is 3.25. The molecule has 39 heavy (non-hydrogen) atoms. The molecular weight excluding hydrogens is 534 g/mol. The number of aryl methyl sites for hydroxylation is 1. The van der Waals surface area contributed by atoms with Crippen molar-refractivity contribution >= 4 is 38.3 Å². The molecule has 2 N–H and O–H groups in total. The van der Waals surface area contributed by atoms with Crippen LogP contribution in [0, 0.1) is 0 Å². The van der Waals surface area contributed by atoms with Gasteiger partial charge in [0, 0.05) is 21.6 Å². The van der Waals surface area contributed by atoms with Crippen LogP contribution in [0.3, 0.4) is 0 Å². The molecule has 0 unspecified atom stereocenters. The molecule has 0 aliphatic rings. The Balaban J connectivity index is 1.63. The monoisotopic (exact) mass is 559 g/mol. The Morgan fingerprint density at radius 1 is 0.846 bits per heavy atom. The third kappa shape index (κ3) is 5.34. The van der Waals surface area contributed by atoms with Crippen molar-refractivity contribution in [1.82, 2.24) is 4.57 Å². The van der Waals surface area contributed by atoms with E-state index in [1.165, 1.54) is 24.3 Å². The van der Waals surface area contributed by atoms with Crippen LogP contribution in [0.2, 0.25) is 5.02 Å². The Morgan fingerprint density at radius 2 is 1.44 bits per heavy atom. The normalized spacial score (nSPS) is 11.8. The van der Waals surface area contributed by atoms with Crippen LogP contribution >= 0.6 is 11.6 Å². The van der Waals surface area contributed by atoms with Gasteiger partial charge in [0.2, 0.25) is 0 Å². The lowest BCUT2D eigenvalue weighted by atomic mass is 9.98. The fourth-order valence-corrected chi connectivity index (χ4v) is 6.50. The summed E-state index contributed by atoms with van der Waals surface area (Å²) >= 11 is 6.40. The summed E-state index contributed by atoms with van der Waals surface area (Å²) in [4.78, 5) is 11.2. The first-order valence-corrected chi connectivity index (χ1v) is 14.4. The predicted molar refractivity (Wildman–Crippen MR) is 152 cm³/mol. The average molecular weight is 560 g/mol. The molecular formula is C31H26ClNO5S. The number of aliphatic hydroxyl groups excluding tert-OH is 1. The van der Waals surface area contributed by atoms with Gasteiger partial charge in [-0.15, -0.1) is 0 Å². The molecule has 8 heteroatoms. The highest BCUT2D eigenvalue weighted by molar-refractivity contribution is 7.91. The molecule has 4 aromatic carbocycles. The molecule has 0 radical (unpaired) electrons. The number of halogens is 1. The number of hydrogen-bond donors (Lipinski definition) is 2. The first-order chi connectivity index (χ1) is 18.8. The maximum absolute atomic E-state index is 13.2. The minimum Gasteiger partial charge on any atom is -0.478 e. The minimum atomic E-state index is -3.74. The number of rotatable bonds is 9. The van der Waals surface area contributed by atoms with Gasteiger partial charge in [0.25, 0.3) is 0 Å². The highest BCUT2D eigenvalue weighted by atomic mass is 35.5. The zero-order valence-electron chi connectivity index (χ0n) is 20.9. The molecule has 5 rings (SSSR count). The highest BCUT2D eigenvalue weighted by Crippen LogP contribution is 2.37. The number of nitrogens with zero attached hydrogens (tertiary/aromatic N) is 1. The third-order valence-electron chi connectivity index (χ3n) is 6.90. The van der Waals surface area contributed by atoms with E-state index < -0.39 is 15.8 Å². The van der Waals surface area contributed by atoms with Crippen molar-refractivity contribution in [1.29, 1.82) is 0 Å². The van der Waals surface area contributed by atoms with Crippen LogP contribution in [0.5, 0.6) is 0 Å². The molecule has 0 aliphatic carbocycles. The lowest BCUT2D eigenvalue weighted by Gasteiger charge is -2.24. The maximum atomic E-state index is 13.2. The number of carboxylic acid groups (broad SMARTS) is 1. The molecule has 5 aromatic rings. The molecule has 0 saturated carbocycles. The van der Waals surface area contributed by atoms with Gasteiger partial charge in [-0.3, -0.25) is 0 Å². The first-order valence-electron chi connectivity index (χ1n) is 12.4. The van der Waals surface area contributed by atoms with E-state index in [-0.39, 0.29) is 35.3 Å². The van der Waals surface area contributed by atoms with Crippen LogP contribution in [0.4, 0.5) is 0 Å². The predicted octanol–water partition coefficient (Wildman–Crippen LogP) is 6.14. The van der Waals surface area contributed by atoms with E-state index in [0.717, 1.165) is 22.0 Å². The number of aromatic nitrogens is 1. The number of hydrogen-bond acceptors (Lipinski definition) is 4. The van der Waals surface area contributed by atoms with Crippen LogP contribution in [0.15, 0.2) is 108 Å². The number of aromatic carboxylic acids is 1. The van der Waals surface area contributed by atoms with Gasteiger partial charge in [0.05, 0.1) is 28.9 Å². The summed E-state index contributed by atoms with van der Waals surface area (Å²) in [6, 6.07) is 30.3. The second kappa shape index (κ2) is 11.1. The molecule has 1 aromatic heterocycles. The molecule has 198 valence electrons. The standard InChI is InChI=1S/C31H26ClNO5S/c32-24-13-16-28-27(19-24)26(17-18-39(37,38)25-14-11-23(12-15-25)31(35)36)29(20-34)33(28)30(21-7-3-1-4-8-21)22-9-5-2-6-10-22/h1-16,19,30,34H,17-18,20H2,(H,35,36). The van der Waals surface area contributed by atoms with Crippen molar-refractivity contribution in [2.45, 2.75) is 24.0 Å². The summed E-state index contributed by atoms with van der Waals surface area (Å²) in [5, 5.41) is 21.1. The topological polar surface area (TPSA) is 96.6 Å². The van der Waals surface area contributed by atoms with Gasteiger partial charge in [0.15, 0.2) is 9.84 Å². The first kappa shape index (κ1) is 26.7. The fraction of sp³-hybridized carbons (Fsp3) is 0.129. The van der Waals surface area contributed by atoms with Crippen molar-refractivity contribution in [3.63, 3.8) is 0 Å². The van der Waals surface area contributed by atoms with Crippen LogP contribution in [0.25, 0.3) is 10.9 Å². The number of aliphatic hydroxyl groups is 1. The number of carbonyl (C=O) groups is 1. The quantitative estimate of drug-likeness (QED) is 0.226. The zero-order valence-corrected chi connectivity index (χ0v) is 22.4. The van der Waals surface area contributed by atoms with Crippen molar-refractivity contribution in [2.75, 3.05) is 5.75 Å². The van der Waals surface area contributed by atoms with Gasteiger partial charge >= 0.3 is 5.97 Å². The lowest BCUT2D eigenvalue weighted by Crippen LogP contribution is -2.16. The van der Waals surface area contributed by atoms with Crippen LogP contribution in [0.1, 0.15) is 38.8 Å². The lowest BCUT2D eigenvalue weighted by molar-refractivity contribution is 0.0696. The third-order valence-corrected chi connectivity index (χ3v) is 8.87. The minimum absolute atomic E-state index is 0.0158. The number of carboxylic acids is 1. The van der Waals surface area contributed by atoms with Gasteiger partial charge < -0.3 is 14.8 Å². The number of benzene rings is 4. The largest absolute Gasteiger partial charge is 0.478 e. The Kier molecular flexibility index (Phi) is 7.57. The second-order valence-corrected chi connectivity index (χ2v) is 11.8. The molecule has 0 aliphatic heterocycles. The number of fused-ring (bicyclic) bond motifs is 1. The molecule has 1 heterocycles. The van der Waals surface area contributed by atoms with E-state index in [1.54, 1.807) is 6.07 Å². The molecule has 6 nitrogen and oxygen atoms in total. The van der Waals surface area contributed by atoms with E-state index >= 15 is 0 Å². The van der Waals surface area contributed by atoms with Gasteiger partial charge in [-0.05, 0) is 65.6 Å². The van der Waals surface area contributed by atoms with E-state index in [1.807, 2.05) is 72.8 Å². The molecule has 0 amide bonds.